The number of hydrogen-bond donors (Lipinski definition) is 2. The number of nitrogens with two attached hydrogens (primary N) is 1. The third kappa shape index (κ3) is 5.73. The number of carbonyl (C=O) groups is 1. The molecule has 2 aromatic rings. The zero-order valence-corrected chi connectivity index (χ0v) is 14.8. The van der Waals surface area contributed by atoms with E-state index in [0.717, 1.165) is 17.7 Å². The number of amides is 1. The van der Waals surface area contributed by atoms with E-state index in [1.165, 1.54) is 0 Å². The molecule has 0 spiro atoms. The normalized spacial score (nSPS) is 12.0. The van der Waals surface area contributed by atoms with Gasteiger partial charge >= 0.3 is 0 Å². The predicted octanol–water partition coefficient (Wildman–Crippen LogP) is 1.84. The van der Waals surface area contributed by atoms with Crippen molar-refractivity contribution in [3.05, 3.63) is 53.6 Å². The molecule has 0 aliphatic rings. The molecular weight excluding hydrogens is 314 g/mol. The number of aromatic nitrogens is 2. The van der Waals surface area contributed by atoms with Gasteiger partial charge < -0.3 is 15.6 Å². The summed E-state index contributed by atoms with van der Waals surface area (Å²) in [6.07, 6.45) is 4.57. The highest BCUT2D eigenvalue weighted by Crippen LogP contribution is 2.09. The maximum atomic E-state index is 12.3. The van der Waals surface area contributed by atoms with Crippen LogP contribution < -0.4 is 11.1 Å². The Morgan fingerprint density at radius 2 is 2.08 bits per heavy atom. The fourth-order valence-electron chi connectivity index (χ4n) is 2.75. The van der Waals surface area contributed by atoms with Crippen LogP contribution in [0.3, 0.4) is 0 Å². The van der Waals surface area contributed by atoms with Crippen LogP contribution in [-0.2, 0) is 17.8 Å². The van der Waals surface area contributed by atoms with Crippen molar-refractivity contribution in [1.29, 1.82) is 5.26 Å². The van der Waals surface area contributed by atoms with E-state index >= 15 is 0 Å². The summed E-state index contributed by atoms with van der Waals surface area (Å²) in [7, 11) is 0. The lowest BCUT2D eigenvalue weighted by molar-refractivity contribution is -0.121. The second-order valence-electron chi connectivity index (χ2n) is 6.63. The first-order chi connectivity index (χ1) is 12.0. The van der Waals surface area contributed by atoms with E-state index in [1.807, 2.05) is 16.7 Å². The van der Waals surface area contributed by atoms with Gasteiger partial charge in [-0.05, 0) is 30.0 Å². The molecule has 25 heavy (non-hydrogen) atoms. The highest BCUT2D eigenvalue weighted by atomic mass is 16.1. The molecule has 0 unspecified atom stereocenters. The van der Waals surface area contributed by atoms with E-state index < -0.39 is 0 Å². The zero-order valence-electron chi connectivity index (χ0n) is 14.8. The van der Waals surface area contributed by atoms with Crippen molar-refractivity contribution in [3.63, 3.8) is 0 Å². The van der Waals surface area contributed by atoms with Gasteiger partial charge in [0, 0.05) is 31.0 Å². The van der Waals surface area contributed by atoms with E-state index in [4.69, 9.17) is 11.0 Å². The molecule has 2 rings (SSSR count). The Bertz CT molecular complexity index is 727. The van der Waals surface area contributed by atoms with Crippen LogP contribution in [0, 0.1) is 17.2 Å². The SMILES string of the molecule is CC(C)C[C@@H](CN)NC(=O)Cc1cncn1Cc1ccc(C#N)cc1. The summed E-state index contributed by atoms with van der Waals surface area (Å²) in [4.78, 5) is 16.5. The van der Waals surface area contributed by atoms with Gasteiger partial charge in [-0.2, -0.15) is 5.26 Å². The maximum Gasteiger partial charge on any atom is 0.226 e. The Morgan fingerprint density at radius 3 is 2.68 bits per heavy atom. The second kappa shape index (κ2) is 9.00. The Balaban J connectivity index is 1.98. The van der Waals surface area contributed by atoms with Gasteiger partial charge in [-0.1, -0.05) is 26.0 Å². The lowest BCUT2D eigenvalue weighted by Crippen LogP contribution is -2.41. The lowest BCUT2D eigenvalue weighted by Gasteiger charge is -2.19. The summed E-state index contributed by atoms with van der Waals surface area (Å²) in [6.45, 7) is 5.28. The van der Waals surface area contributed by atoms with Gasteiger partial charge in [0.15, 0.2) is 0 Å². The molecular formula is C19H25N5O. The average Bonchev–Trinajstić information content (AvgIpc) is 3.01. The molecule has 1 heterocycles. The lowest BCUT2D eigenvalue weighted by atomic mass is 10.0. The minimum Gasteiger partial charge on any atom is -0.352 e. The Morgan fingerprint density at radius 1 is 1.36 bits per heavy atom. The van der Waals surface area contributed by atoms with Crippen LogP contribution in [0.2, 0.25) is 0 Å². The van der Waals surface area contributed by atoms with Gasteiger partial charge in [-0.3, -0.25) is 4.79 Å². The fraction of sp³-hybridized carbons (Fsp3) is 0.421. The summed E-state index contributed by atoms with van der Waals surface area (Å²) >= 11 is 0. The minimum atomic E-state index is -0.0438. The molecule has 0 bridgehead atoms. The van der Waals surface area contributed by atoms with E-state index in [0.29, 0.717) is 24.6 Å². The summed E-state index contributed by atoms with van der Waals surface area (Å²) in [5.74, 6) is 0.438. The standard InChI is InChI=1S/C19H25N5O/c1-14(2)7-17(10-21)23-19(25)8-18-11-22-13-24(18)12-16-5-3-15(9-20)4-6-16/h3-6,11,13-14,17H,7-8,10,12,21H2,1-2H3,(H,23,25)/t17-/m0/s1. The molecule has 0 radical (unpaired) electrons. The number of carbonyl (C=O) groups excluding carboxylic acids is 1. The highest BCUT2D eigenvalue weighted by molar-refractivity contribution is 5.78. The van der Waals surface area contributed by atoms with Gasteiger partial charge in [0.25, 0.3) is 0 Å². The van der Waals surface area contributed by atoms with Gasteiger partial charge in [0.1, 0.15) is 0 Å². The molecule has 3 N–H and O–H groups in total. The van der Waals surface area contributed by atoms with Crippen molar-refractivity contribution in [1.82, 2.24) is 14.9 Å². The molecule has 1 atom stereocenters. The molecule has 1 aromatic heterocycles. The minimum absolute atomic E-state index is 0.00222. The van der Waals surface area contributed by atoms with Crippen LogP contribution in [0.25, 0.3) is 0 Å². The average molecular weight is 339 g/mol. The van der Waals surface area contributed by atoms with Gasteiger partial charge in [0.05, 0.1) is 24.4 Å². The summed E-state index contributed by atoms with van der Waals surface area (Å²) in [5, 5.41) is 11.9. The van der Waals surface area contributed by atoms with Crippen LogP contribution in [0.4, 0.5) is 0 Å². The maximum absolute atomic E-state index is 12.3. The number of nitrogens with one attached hydrogen (secondary N) is 1. The summed E-state index contributed by atoms with van der Waals surface area (Å²) in [6, 6.07) is 9.51. The topological polar surface area (TPSA) is 96.7 Å². The first kappa shape index (κ1) is 18.7. The van der Waals surface area contributed by atoms with Crippen molar-refractivity contribution >= 4 is 5.91 Å². The number of nitrogens with zero attached hydrogens (tertiary/aromatic N) is 3. The summed E-state index contributed by atoms with van der Waals surface area (Å²) in [5.41, 5.74) is 8.28. The predicted molar refractivity (Wildman–Crippen MR) is 96.6 cm³/mol. The zero-order chi connectivity index (χ0) is 18.2. The van der Waals surface area contributed by atoms with E-state index in [1.54, 1.807) is 24.7 Å². The number of benzene rings is 1. The van der Waals surface area contributed by atoms with E-state index in [2.05, 4.69) is 30.2 Å². The van der Waals surface area contributed by atoms with Crippen LogP contribution >= 0.6 is 0 Å². The Kier molecular flexibility index (Phi) is 6.72. The van der Waals surface area contributed by atoms with Crippen molar-refractivity contribution in [2.45, 2.75) is 39.3 Å². The molecule has 0 fully saturated rings. The van der Waals surface area contributed by atoms with Crippen molar-refractivity contribution in [3.8, 4) is 6.07 Å². The smallest absolute Gasteiger partial charge is 0.226 e. The quantitative estimate of drug-likeness (QED) is 0.767. The van der Waals surface area contributed by atoms with E-state index in [-0.39, 0.29) is 18.4 Å². The summed E-state index contributed by atoms with van der Waals surface area (Å²) < 4.78 is 1.95. The molecule has 6 heteroatoms. The first-order valence-electron chi connectivity index (χ1n) is 8.49. The second-order valence-corrected chi connectivity index (χ2v) is 6.63. The van der Waals surface area contributed by atoms with Crippen molar-refractivity contribution < 1.29 is 4.79 Å². The number of rotatable bonds is 8. The van der Waals surface area contributed by atoms with E-state index in [9.17, 15) is 4.79 Å². The fourth-order valence-corrected chi connectivity index (χ4v) is 2.75. The molecule has 0 aliphatic heterocycles. The molecule has 0 saturated carbocycles. The van der Waals surface area contributed by atoms with Crippen LogP contribution in [0.5, 0.6) is 0 Å². The largest absolute Gasteiger partial charge is 0.352 e. The van der Waals surface area contributed by atoms with Gasteiger partial charge in [0.2, 0.25) is 5.91 Å². The van der Waals surface area contributed by atoms with Crippen LogP contribution in [0.15, 0.2) is 36.8 Å². The first-order valence-corrected chi connectivity index (χ1v) is 8.49. The molecule has 1 amide bonds. The molecule has 132 valence electrons. The monoisotopic (exact) mass is 339 g/mol. The highest BCUT2D eigenvalue weighted by Gasteiger charge is 2.14. The number of nitriles is 1. The molecule has 0 aliphatic carbocycles. The number of hydrogen-bond acceptors (Lipinski definition) is 4. The molecule has 1 aromatic carbocycles. The number of imidazole rings is 1. The van der Waals surface area contributed by atoms with Crippen LogP contribution in [0.1, 0.15) is 37.1 Å². The van der Waals surface area contributed by atoms with Crippen molar-refractivity contribution in [2.24, 2.45) is 11.7 Å². The van der Waals surface area contributed by atoms with Gasteiger partial charge in [-0.25, -0.2) is 4.98 Å². The van der Waals surface area contributed by atoms with Crippen molar-refractivity contribution in [2.75, 3.05) is 6.54 Å². The third-order valence-electron chi connectivity index (χ3n) is 3.98. The Hall–Kier alpha value is -2.65. The third-order valence-corrected chi connectivity index (χ3v) is 3.98. The molecule has 0 saturated heterocycles. The molecule has 6 nitrogen and oxygen atoms in total. The Labute approximate surface area is 148 Å². The van der Waals surface area contributed by atoms with Gasteiger partial charge in [-0.15, -0.1) is 0 Å². The van der Waals surface area contributed by atoms with Crippen LogP contribution in [-0.4, -0.2) is 28.0 Å².